The minimum absolute atomic E-state index is 0.160. The van der Waals surface area contributed by atoms with Gasteiger partial charge in [0.15, 0.2) is 4.33 Å². The summed E-state index contributed by atoms with van der Waals surface area (Å²) in [6, 6.07) is 0. The summed E-state index contributed by atoms with van der Waals surface area (Å²) in [6.07, 6.45) is 0.348. The third-order valence-corrected chi connectivity index (χ3v) is 7.83. The summed E-state index contributed by atoms with van der Waals surface area (Å²) in [5.41, 5.74) is 0. The van der Waals surface area contributed by atoms with Crippen LogP contribution in [0.25, 0.3) is 0 Å². The molecule has 1 amide bonds. The van der Waals surface area contributed by atoms with Gasteiger partial charge in [0.05, 0.1) is 10.1 Å². The van der Waals surface area contributed by atoms with Gasteiger partial charge in [-0.05, 0) is 6.42 Å². The lowest BCUT2D eigenvalue weighted by atomic mass is 9.92. The van der Waals surface area contributed by atoms with E-state index in [-0.39, 0.29) is 28.4 Å². The van der Waals surface area contributed by atoms with Gasteiger partial charge < -0.3 is 5.32 Å². The van der Waals surface area contributed by atoms with Crippen molar-refractivity contribution in [3.63, 3.8) is 0 Å². The number of carbonyl (C=O) groups excluding carboxylic acids is 1. The minimum atomic E-state index is -1.51. The normalized spacial score (nSPS) is 41.4. The molecule has 18 heavy (non-hydrogen) atoms. The van der Waals surface area contributed by atoms with E-state index in [1.54, 1.807) is 0 Å². The number of amides is 1. The molecule has 0 radical (unpaired) electrons. The van der Waals surface area contributed by atoms with Crippen LogP contribution in [0, 0.1) is 5.92 Å². The van der Waals surface area contributed by atoms with Gasteiger partial charge in [-0.1, -0.05) is 46.4 Å². The van der Waals surface area contributed by atoms with Gasteiger partial charge in [-0.2, -0.15) is 0 Å². The number of halogens is 6. The van der Waals surface area contributed by atoms with Crippen LogP contribution in [0.15, 0.2) is 10.1 Å². The third-order valence-electron chi connectivity index (χ3n) is 3.50. The quantitative estimate of drug-likeness (QED) is 0.731. The number of fused-ring (bicyclic) bond motifs is 2. The summed E-state index contributed by atoms with van der Waals surface area (Å²) in [6.45, 7) is 1.69. The smallest absolute Gasteiger partial charge is 0.216 e. The predicted octanol–water partition coefficient (Wildman–Crippen LogP) is 3.97. The number of allylic oxidation sites excluding steroid dienone is 2. The van der Waals surface area contributed by atoms with Gasteiger partial charge in [-0.25, -0.2) is 0 Å². The van der Waals surface area contributed by atoms with Crippen molar-refractivity contribution in [3.05, 3.63) is 10.1 Å². The van der Waals surface area contributed by atoms with Crippen LogP contribution in [0.5, 0.6) is 0 Å². The maximum Gasteiger partial charge on any atom is 0.216 e. The molecule has 1 fully saturated rings. The van der Waals surface area contributed by atoms with Crippen molar-refractivity contribution >= 4 is 75.5 Å². The number of hydrogen-bond acceptors (Lipinski definition) is 1. The summed E-state index contributed by atoms with van der Waals surface area (Å²) in [5.74, 6) is -0.465. The summed E-state index contributed by atoms with van der Waals surface area (Å²) in [4.78, 5) is 8.49. The molecule has 0 unspecified atom stereocenters. The van der Waals surface area contributed by atoms with Crippen LogP contribution in [-0.2, 0) is 4.79 Å². The van der Waals surface area contributed by atoms with Crippen LogP contribution >= 0.6 is 69.6 Å². The number of alkyl halides is 4. The Labute approximate surface area is 135 Å². The van der Waals surface area contributed by atoms with Crippen molar-refractivity contribution in [2.24, 2.45) is 5.92 Å². The first-order valence-corrected chi connectivity index (χ1v) is 7.42. The lowest BCUT2D eigenvalue weighted by Crippen LogP contribution is -2.46. The van der Waals surface area contributed by atoms with E-state index in [0.717, 1.165) is 0 Å². The van der Waals surface area contributed by atoms with Crippen LogP contribution < -0.4 is 5.32 Å². The molecular weight excluding hydrogens is 363 g/mol. The molecule has 3 atom stereocenters. The summed E-state index contributed by atoms with van der Waals surface area (Å²) >= 11 is 37.7. The number of carbonyl (C=O) groups is 1. The van der Waals surface area contributed by atoms with Gasteiger partial charge in [0.1, 0.15) is 9.75 Å². The second-order valence-corrected chi connectivity index (χ2v) is 7.88. The van der Waals surface area contributed by atoms with Gasteiger partial charge in [0, 0.05) is 19.4 Å². The standard InChI is InChI=1S/C10H9Cl6NO/c1-4(18)17-3-5-2-8(13)6(11)7(12)9(5,14)10(8,15)16/h5H,2-3H2,1H3,(H,17,18)/t5-,8+,9+/m1/s1. The first kappa shape index (κ1) is 15.3. The fourth-order valence-electron chi connectivity index (χ4n) is 2.51. The Kier molecular flexibility index (Phi) is 3.81. The number of hydrogen-bond donors (Lipinski definition) is 1. The Morgan fingerprint density at radius 3 is 2.22 bits per heavy atom. The lowest BCUT2D eigenvalue weighted by Gasteiger charge is -2.33. The average Bonchev–Trinajstić information content (AvgIpc) is 2.48. The second kappa shape index (κ2) is 4.47. The maximum absolute atomic E-state index is 11.0. The van der Waals surface area contributed by atoms with Gasteiger partial charge in [0.25, 0.3) is 0 Å². The van der Waals surface area contributed by atoms with Crippen LogP contribution in [-0.4, -0.2) is 26.5 Å². The first-order chi connectivity index (χ1) is 8.09. The Morgan fingerprint density at radius 2 is 1.83 bits per heavy atom. The molecular formula is C10H9Cl6NO. The summed E-state index contributed by atoms with van der Waals surface area (Å²) < 4.78 is -1.51. The van der Waals surface area contributed by atoms with Crippen molar-refractivity contribution in [1.29, 1.82) is 0 Å². The van der Waals surface area contributed by atoms with E-state index in [9.17, 15) is 4.79 Å². The zero-order valence-corrected chi connectivity index (χ0v) is 13.7. The highest BCUT2D eigenvalue weighted by Gasteiger charge is 2.78. The molecule has 2 aliphatic carbocycles. The minimum Gasteiger partial charge on any atom is -0.356 e. The Bertz CT molecular complexity index is 450. The highest BCUT2D eigenvalue weighted by molar-refractivity contribution is 6.65. The number of rotatable bonds is 2. The van der Waals surface area contributed by atoms with Crippen molar-refractivity contribution < 1.29 is 4.79 Å². The predicted molar refractivity (Wildman–Crippen MR) is 77.1 cm³/mol. The molecule has 2 bridgehead atoms. The van der Waals surface area contributed by atoms with E-state index >= 15 is 0 Å². The van der Waals surface area contributed by atoms with E-state index < -0.39 is 14.1 Å². The topological polar surface area (TPSA) is 29.1 Å². The highest BCUT2D eigenvalue weighted by atomic mass is 35.5. The Morgan fingerprint density at radius 1 is 1.28 bits per heavy atom. The molecule has 1 saturated carbocycles. The molecule has 0 spiro atoms. The highest BCUT2D eigenvalue weighted by Crippen LogP contribution is 2.74. The van der Waals surface area contributed by atoms with Crippen LogP contribution in [0.4, 0.5) is 0 Å². The number of nitrogens with one attached hydrogen (secondary N) is 1. The molecule has 2 aliphatic rings. The van der Waals surface area contributed by atoms with E-state index in [0.29, 0.717) is 6.42 Å². The van der Waals surface area contributed by atoms with E-state index in [1.807, 2.05) is 0 Å². The molecule has 102 valence electrons. The Balaban J connectivity index is 2.40. The van der Waals surface area contributed by atoms with E-state index in [2.05, 4.69) is 5.32 Å². The largest absolute Gasteiger partial charge is 0.356 e. The third kappa shape index (κ3) is 1.66. The van der Waals surface area contributed by atoms with Crippen LogP contribution in [0.1, 0.15) is 13.3 Å². The van der Waals surface area contributed by atoms with Crippen LogP contribution in [0.3, 0.4) is 0 Å². The lowest BCUT2D eigenvalue weighted by molar-refractivity contribution is -0.119. The van der Waals surface area contributed by atoms with Gasteiger partial charge in [0.2, 0.25) is 5.91 Å². The summed E-state index contributed by atoms with van der Waals surface area (Å²) in [7, 11) is 0. The van der Waals surface area contributed by atoms with Crippen molar-refractivity contribution in [2.75, 3.05) is 6.54 Å². The fourth-order valence-corrected chi connectivity index (χ4v) is 5.36. The molecule has 0 aromatic heterocycles. The second-order valence-electron chi connectivity index (χ2n) is 4.55. The average molecular weight is 372 g/mol. The maximum atomic E-state index is 11.0. The fraction of sp³-hybridized carbons (Fsp3) is 0.700. The molecule has 1 N–H and O–H groups in total. The molecule has 2 nitrogen and oxygen atoms in total. The van der Waals surface area contributed by atoms with Crippen molar-refractivity contribution in [3.8, 4) is 0 Å². The molecule has 0 aromatic rings. The summed E-state index contributed by atoms with van der Waals surface area (Å²) in [5, 5.41) is 3.01. The van der Waals surface area contributed by atoms with Gasteiger partial charge in [-0.3, -0.25) is 4.79 Å². The van der Waals surface area contributed by atoms with E-state index in [4.69, 9.17) is 69.6 Å². The molecule has 2 rings (SSSR count). The van der Waals surface area contributed by atoms with Gasteiger partial charge >= 0.3 is 0 Å². The van der Waals surface area contributed by atoms with E-state index in [1.165, 1.54) is 6.92 Å². The van der Waals surface area contributed by atoms with Crippen molar-refractivity contribution in [2.45, 2.75) is 27.4 Å². The van der Waals surface area contributed by atoms with Crippen LogP contribution in [0.2, 0.25) is 0 Å². The van der Waals surface area contributed by atoms with Crippen molar-refractivity contribution in [1.82, 2.24) is 5.32 Å². The van der Waals surface area contributed by atoms with Gasteiger partial charge in [-0.15, -0.1) is 23.2 Å². The SMILES string of the molecule is CC(=O)NC[C@H]1C[C@]2(Cl)C(Cl)=C(Cl)[C@]1(Cl)C2(Cl)Cl. The Hall–Kier alpha value is 0.950. The zero-order valence-electron chi connectivity index (χ0n) is 9.17. The molecule has 0 saturated heterocycles. The molecule has 0 heterocycles. The first-order valence-electron chi connectivity index (χ1n) is 5.15. The molecule has 0 aromatic carbocycles. The molecule has 0 aliphatic heterocycles. The zero-order chi connectivity index (χ0) is 13.9. The molecule has 8 heteroatoms. The monoisotopic (exact) mass is 369 g/mol.